The van der Waals surface area contributed by atoms with E-state index in [0.29, 0.717) is 11.0 Å². The average molecular weight is 320 g/mol. The number of hydrogen-bond donors (Lipinski definition) is 1. The molecule has 0 fully saturated rings. The van der Waals surface area contributed by atoms with Crippen LogP contribution in [0.15, 0.2) is 16.6 Å². The van der Waals surface area contributed by atoms with E-state index < -0.39 is 11.6 Å². The molecule has 0 amide bonds. The van der Waals surface area contributed by atoms with Gasteiger partial charge in [-0.05, 0) is 24.6 Å². The molecule has 1 N–H and O–H groups in total. The van der Waals surface area contributed by atoms with Crippen LogP contribution in [0.1, 0.15) is 45.2 Å². The smallest absolute Gasteiger partial charge is 0.132 e. The van der Waals surface area contributed by atoms with Crippen LogP contribution in [-0.2, 0) is 0 Å². The molecule has 0 aliphatic rings. The molecule has 102 valence electrons. The van der Waals surface area contributed by atoms with Gasteiger partial charge in [0.1, 0.15) is 11.6 Å². The average Bonchev–Trinajstić information content (AvgIpc) is 2.29. The first-order chi connectivity index (χ1) is 8.54. The van der Waals surface area contributed by atoms with Crippen LogP contribution in [0.3, 0.4) is 0 Å². The van der Waals surface area contributed by atoms with Crippen molar-refractivity contribution in [3.63, 3.8) is 0 Å². The molecular weight excluding hydrogens is 300 g/mol. The molecule has 0 bridgehead atoms. The second-order valence-electron chi connectivity index (χ2n) is 4.40. The fourth-order valence-corrected chi connectivity index (χ4v) is 2.74. The fraction of sp³-hybridized carbons (Fsp3) is 0.571. The molecule has 4 heteroatoms. The molecule has 1 atom stereocenters. The van der Waals surface area contributed by atoms with Gasteiger partial charge in [-0.15, -0.1) is 0 Å². The van der Waals surface area contributed by atoms with Crippen molar-refractivity contribution in [1.29, 1.82) is 0 Å². The van der Waals surface area contributed by atoms with Crippen molar-refractivity contribution in [2.24, 2.45) is 5.92 Å². The Morgan fingerprint density at radius 3 is 2.00 bits per heavy atom. The van der Waals surface area contributed by atoms with Gasteiger partial charge in [0.15, 0.2) is 0 Å². The van der Waals surface area contributed by atoms with E-state index in [4.69, 9.17) is 0 Å². The van der Waals surface area contributed by atoms with Crippen molar-refractivity contribution in [3.8, 4) is 0 Å². The summed E-state index contributed by atoms with van der Waals surface area (Å²) in [5.74, 6) is -0.741. The molecule has 18 heavy (non-hydrogen) atoms. The van der Waals surface area contributed by atoms with Crippen LogP contribution in [-0.4, -0.2) is 6.54 Å². The van der Waals surface area contributed by atoms with Crippen LogP contribution in [0.5, 0.6) is 0 Å². The monoisotopic (exact) mass is 319 g/mol. The Morgan fingerprint density at radius 2 is 1.61 bits per heavy atom. The largest absolute Gasteiger partial charge is 0.310 e. The Balaban J connectivity index is 3.20. The predicted octanol–water partition coefficient (Wildman–Crippen LogP) is 4.81. The molecule has 1 rings (SSSR count). The summed E-state index contributed by atoms with van der Waals surface area (Å²) in [7, 11) is 0. The summed E-state index contributed by atoms with van der Waals surface area (Å²) in [6.45, 7) is 6.74. The highest BCUT2D eigenvalue weighted by molar-refractivity contribution is 9.10. The minimum Gasteiger partial charge on any atom is -0.310 e. The molecule has 0 aromatic heterocycles. The third-order valence-electron chi connectivity index (χ3n) is 3.30. The maximum Gasteiger partial charge on any atom is 0.132 e. The van der Waals surface area contributed by atoms with Crippen molar-refractivity contribution >= 4 is 15.9 Å². The van der Waals surface area contributed by atoms with E-state index in [1.165, 1.54) is 12.1 Å². The molecule has 1 aromatic rings. The van der Waals surface area contributed by atoms with Crippen LogP contribution < -0.4 is 5.32 Å². The molecule has 0 heterocycles. The van der Waals surface area contributed by atoms with Gasteiger partial charge in [-0.3, -0.25) is 0 Å². The van der Waals surface area contributed by atoms with Gasteiger partial charge in [-0.25, -0.2) is 8.78 Å². The summed E-state index contributed by atoms with van der Waals surface area (Å²) in [6.07, 6.45) is 1.78. The Bertz CT molecular complexity index is 368. The van der Waals surface area contributed by atoms with E-state index >= 15 is 0 Å². The first kappa shape index (κ1) is 15.6. The molecule has 0 saturated carbocycles. The van der Waals surface area contributed by atoms with Gasteiger partial charge < -0.3 is 5.32 Å². The van der Waals surface area contributed by atoms with Crippen LogP contribution in [0.2, 0.25) is 0 Å². The summed E-state index contributed by atoms with van der Waals surface area (Å²) in [5, 5.41) is 3.21. The summed E-state index contributed by atoms with van der Waals surface area (Å²) in [6, 6.07) is 2.38. The maximum atomic E-state index is 14.0. The predicted molar refractivity (Wildman–Crippen MR) is 74.5 cm³/mol. The maximum absolute atomic E-state index is 14.0. The van der Waals surface area contributed by atoms with Crippen LogP contribution >= 0.6 is 15.9 Å². The van der Waals surface area contributed by atoms with Gasteiger partial charge in [-0.2, -0.15) is 0 Å². The second-order valence-corrected chi connectivity index (χ2v) is 5.31. The first-order valence-electron chi connectivity index (χ1n) is 6.42. The summed E-state index contributed by atoms with van der Waals surface area (Å²) in [5.41, 5.74) is 0.161. The van der Waals surface area contributed by atoms with E-state index in [0.717, 1.165) is 12.8 Å². The highest BCUT2D eigenvalue weighted by Gasteiger charge is 2.26. The zero-order chi connectivity index (χ0) is 13.7. The zero-order valence-corrected chi connectivity index (χ0v) is 12.7. The molecule has 1 aromatic carbocycles. The topological polar surface area (TPSA) is 12.0 Å². The summed E-state index contributed by atoms with van der Waals surface area (Å²) >= 11 is 3.11. The SMILES string of the molecule is CCNC(c1c(F)cc(Br)cc1F)C(CC)CC. The van der Waals surface area contributed by atoms with E-state index in [1.807, 2.05) is 20.8 Å². The Kier molecular flexibility index (Phi) is 6.22. The van der Waals surface area contributed by atoms with E-state index in [-0.39, 0.29) is 17.5 Å². The van der Waals surface area contributed by atoms with Gasteiger partial charge in [-0.1, -0.05) is 49.5 Å². The molecule has 0 saturated heterocycles. The molecular formula is C14H20BrF2N. The molecule has 0 aliphatic heterocycles. The zero-order valence-electron chi connectivity index (χ0n) is 11.1. The Hall–Kier alpha value is -0.480. The van der Waals surface area contributed by atoms with Crippen molar-refractivity contribution in [1.82, 2.24) is 5.32 Å². The lowest BCUT2D eigenvalue weighted by atomic mass is 9.88. The van der Waals surface area contributed by atoms with Gasteiger partial charge in [0.25, 0.3) is 0 Å². The summed E-state index contributed by atoms with van der Waals surface area (Å²) < 4.78 is 28.4. The quantitative estimate of drug-likeness (QED) is 0.793. The van der Waals surface area contributed by atoms with Crippen LogP contribution in [0.25, 0.3) is 0 Å². The molecule has 1 nitrogen and oxygen atoms in total. The van der Waals surface area contributed by atoms with Crippen molar-refractivity contribution in [2.45, 2.75) is 39.7 Å². The third-order valence-corrected chi connectivity index (χ3v) is 3.76. The van der Waals surface area contributed by atoms with E-state index in [9.17, 15) is 8.78 Å². The fourth-order valence-electron chi connectivity index (χ4n) is 2.33. The van der Waals surface area contributed by atoms with Crippen molar-refractivity contribution < 1.29 is 8.78 Å². The van der Waals surface area contributed by atoms with Gasteiger partial charge in [0.05, 0.1) is 0 Å². The van der Waals surface area contributed by atoms with E-state index in [1.54, 1.807) is 0 Å². The Morgan fingerprint density at radius 1 is 1.11 bits per heavy atom. The highest BCUT2D eigenvalue weighted by atomic mass is 79.9. The van der Waals surface area contributed by atoms with E-state index in [2.05, 4.69) is 21.2 Å². The minimum atomic E-state index is -0.486. The summed E-state index contributed by atoms with van der Waals surface area (Å²) in [4.78, 5) is 0. The van der Waals surface area contributed by atoms with Crippen molar-refractivity contribution in [2.75, 3.05) is 6.54 Å². The van der Waals surface area contributed by atoms with Crippen LogP contribution in [0, 0.1) is 17.6 Å². The number of hydrogen-bond acceptors (Lipinski definition) is 1. The lowest BCUT2D eigenvalue weighted by molar-refractivity contribution is 0.327. The lowest BCUT2D eigenvalue weighted by Crippen LogP contribution is -2.29. The number of rotatable bonds is 6. The Labute approximate surface area is 116 Å². The molecule has 1 unspecified atom stereocenters. The number of benzene rings is 1. The van der Waals surface area contributed by atoms with Gasteiger partial charge in [0.2, 0.25) is 0 Å². The normalized spacial score (nSPS) is 13.1. The third kappa shape index (κ3) is 3.51. The molecule has 0 spiro atoms. The minimum absolute atomic E-state index is 0.161. The van der Waals surface area contributed by atoms with Gasteiger partial charge >= 0.3 is 0 Å². The standard InChI is InChI=1S/C14H20BrF2N/c1-4-9(5-2)14(18-6-3)13-11(16)7-10(15)8-12(13)17/h7-9,14,18H,4-6H2,1-3H3. The lowest BCUT2D eigenvalue weighted by Gasteiger charge is -2.27. The van der Waals surface area contributed by atoms with Gasteiger partial charge in [0, 0.05) is 16.1 Å². The van der Waals surface area contributed by atoms with Crippen LogP contribution in [0.4, 0.5) is 8.78 Å². The number of halogens is 3. The molecule has 0 aliphatic carbocycles. The number of nitrogens with one attached hydrogen (secondary N) is 1. The first-order valence-corrected chi connectivity index (χ1v) is 7.22. The second kappa shape index (κ2) is 7.19. The van der Waals surface area contributed by atoms with Crippen molar-refractivity contribution in [3.05, 3.63) is 33.8 Å². The highest BCUT2D eigenvalue weighted by Crippen LogP contribution is 2.32. The molecule has 0 radical (unpaired) electrons.